The Hall–Kier alpha value is -2.42. The molecular weight excluding hydrogens is 446 g/mol. The summed E-state index contributed by atoms with van der Waals surface area (Å²) in [6, 6.07) is 7.36. The lowest BCUT2D eigenvalue weighted by Crippen LogP contribution is -2.21. The van der Waals surface area contributed by atoms with E-state index in [2.05, 4.69) is 5.32 Å². The second kappa shape index (κ2) is 9.59. The van der Waals surface area contributed by atoms with Crippen molar-refractivity contribution in [1.82, 2.24) is 0 Å². The maximum Gasteiger partial charge on any atom is 0.350 e. The molecule has 2 heterocycles. The molecule has 158 valence electrons. The molecule has 30 heavy (non-hydrogen) atoms. The highest BCUT2D eigenvalue weighted by molar-refractivity contribution is 7.21. The molecule has 0 unspecified atom stereocenters. The topological polar surface area (TPSA) is 81.7 Å². The van der Waals surface area contributed by atoms with Crippen molar-refractivity contribution in [3.8, 4) is 0 Å². The van der Waals surface area contributed by atoms with Crippen LogP contribution in [0.4, 0.5) is 5.00 Å². The second-order valence-electron chi connectivity index (χ2n) is 6.28. The lowest BCUT2D eigenvalue weighted by Gasteiger charge is -2.08. The van der Waals surface area contributed by atoms with E-state index < -0.39 is 24.5 Å². The zero-order valence-corrected chi connectivity index (χ0v) is 19.1. The van der Waals surface area contributed by atoms with E-state index in [1.54, 1.807) is 6.92 Å². The SMILES string of the molecule is CCOC(=O)c1c(NC(=O)COC(=O)c2sc3ccccc3c2Cl)sc(C)c1CC. The van der Waals surface area contributed by atoms with Gasteiger partial charge in [-0.15, -0.1) is 22.7 Å². The first-order valence-corrected chi connectivity index (χ1v) is 11.3. The van der Waals surface area contributed by atoms with Gasteiger partial charge < -0.3 is 14.8 Å². The smallest absolute Gasteiger partial charge is 0.350 e. The van der Waals surface area contributed by atoms with E-state index in [1.165, 1.54) is 22.7 Å². The van der Waals surface area contributed by atoms with Crippen molar-refractivity contribution in [2.24, 2.45) is 0 Å². The van der Waals surface area contributed by atoms with Gasteiger partial charge in [-0.2, -0.15) is 0 Å². The Bertz CT molecular complexity index is 1120. The number of carbonyl (C=O) groups is 3. The van der Waals surface area contributed by atoms with Crippen molar-refractivity contribution in [3.05, 3.63) is 50.2 Å². The van der Waals surface area contributed by atoms with Crippen LogP contribution in [0.1, 0.15) is 44.3 Å². The van der Waals surface area contributed by atoms with Crippen molar-refractivity contribution in [2.45, 2.75) is 27.2 Å². The molecular formula is C21H20ClNO5S2. The Morgan fingerprint density at radius 1 is 1.07 bits per heavy atom. The minimum absolute atomic E-state index is 0.234. The number of benzene rings is 1. The molecule has 0 saturated carbocycles. The van der Waals surface area contributed by atoms with Crippen LogP contribution < -0.4 is 5.32 Å². The number of hydrogen-bond acceptors (Lipinski definition) is 7. The monoisotopic (exact) mass is 465 g/mol. The maximum atomic E-state index is 12.4. The van der Waals surface area contributed by atoms with Gasteiger partial charge in [-0.05, 0) is 31.9 Å². The summed E-state index contributed by atoms with van der Waals surface area (Å²) in [6.45, 7) is 5.27. The summed E-state index contributed by atoms with van der Waals surface area (Å²) < 4.78 is 11.1. The van der Waals surface area contributed by atoms with Gasteiger partial charge in [-0.3, -0.25) is 4.79 Å². The molecule has 0 aliphatic rings. The summed E-state index contributed by atoms with van der Waals surface area (Å²) >= 11 is 8.78. The minimum atomic E-state index is -0.668. The summed E-state index contributed by atoms with van der Waals surface area (Å²) in [6.07, 6.45) is 0.631. The number of anilines is 1. The fraction of sp³-hybridized carbons (Fsp3) is 0.286. The van der Waals surface area contributed by atoms with Gasteiger partial charge in [0, 0.05) is 15.0 Å². The van der Waals surface area contributed by atoms with Gasteiger partial charge in [0.05, 0.1) is 17.2 Å². The second-order valence-corrected chi connectivity index (χ2v) is 8.94. The molecule has 0 aliphatic heterocycles. The van der Waals surface area contributed by atoms with Gasteiger partial charge in [-0.1, -0.05) is 36.7 Å². The molecule has 1 aromatic carbocycles. The van der Waals surface area contributed by atoms with Gasteiger partial charge in [-0.25, -0.2) is 9.59 Å². The van der Waals surface area contributed by atoms with Gasteiger partial charge in [0.15, 0.2) is 6.61 Å². The van der Waals surface area contributed by atoms with Crippen LogP contribution >= 0.6 is 34.3 Å². The average Bonchev–Trinajstić information content (AvgIpc) is 3.22. The molecule has 9 heteroatoms. The number of aryl methyl sites for hydroxylation is 1. The standard InChI is InChI=1S/C21H20ClNO5S2/c1-4-12-11(3)29-19(16(12)20(25)27-5-2)23-15(24)10-28-21(26)18-17(22)13-8-6-7-9-14(13)30-18/h6-9H,4-5,10H2,1-3H3,(H,23,24). The zero-order chi connectivity index (χ0) is 21.8. The van der Waals surface area contributed by atoms with Crippen LogP contribution in [-0.2, 0) is 20.7 Å². The predicted molar refractivity (Wildman–Crippen MR) is 120 cm³/mol. The van der Waals surface area contributed by atoms with Crippen LogP contribution in [-0.4, -0.2) is 31.1 Å². The summed E-state index contributed by atoms with van der Waals surface area (Å²) in [4.78, 5) is 38.3. The molecule has 1 amide bonds. The summed E-state index contributed by atoms with van der Waals surface area (Å²) in [5.74, 6) is -1.70. The number of thiophene rings is 2. The number of amides is 1. The molecule has 1 N–H and O–H groups in total. The lowest BCUT2D eigenvalue weighted by atomic mass is 10.1. The zero-order valence-electron chi connectivity index (χ0n) is 16.7. The van der Waals surface area contributed by atoms with Crippen LogP contribution in [0.2, 0.25) is 5.02 Å². The van der Waals surface area contributed by atoms with E-state index in [9.17, 15) is 14.4 Å². The fourth-order valence-corrected chi connectivity index (χ4v) is 5.57. The number of ether oxygens (including phenoxy) is 2. The number of halogens is 1. The van der Waals surface area contributed by atoms with Gasteiger partial charge in [0.2, 0.25) is 0 Å². The molecule has 0 spiro atoms. The molecule has 0 aliphatic carbocycles. The van der Waals surface area contributed by atoms with Crippen LogP contribution in [0.15, 0.2) is 24.3 Å². The number of esters is 2. The normalized spacial score (nSPS) is 10.8. The third-order valence-electron chi connectivity index (χ3n) is 4.35. The molecule has 3 rings (SSSR count). The van der Waals surface area contributed by atoms with E-state index in [1.807, 2.05) is 38.1 Å². The van der Waals surface area contributed by atoms with E-state index >= 15 is 0 Å². The Labute approximate surface area is 186 Å². The van der Waals surface area contributed by atoms with Crippen molar-refractivity contribution in [2.75, 3.05) is 18.5 Å². The summed E-state index contributed by atoms with van der Waals surface area (Å²) in [5.41, 5.74) is 1.19. The van der Waals surface area contributed by atoms with Crippen molar-refractivity contribution >= 4 is 67.2 Å². The Balaban J connectivity index is 1.71. The largest absolute Gasteiger partial charge is 0.462 e. The Morgan fingerprint density at radius 3 is 2.47 bits per heavy atom. The van der Waals surface area contributed by atoms with E-state index in [0.29, 0.717) is 22.0 Å². The number of rotatable bonds is 7. The quantitative estimate of drug-likeness (QED) is 0.468. The van der Waals surface area contributed by atoms with E-state index in [4.69, 9.17) is 21.1 Å². The molecule has 0 radical (unpaired) electrons. The van der Waals surface area contributed by atoms with Crippen LogP contribution in [0.3, 0.4) is 0 Å². The third-order valence-corrected chi connectivity index (χ3v) is 7.07. The summed E-state index contributed by atoms with van der Waals surface area (Å²) in [7, 11) is 0. The summed E-state index contributed by atoms with van der Waals surface area (Å²) in [5, 5.41) is 4.13. The fourth-order valence-electron chi connectivity index (χ4n) is 3.02. The molecule has 3 aromatic rings. The van der Waals surface area contributed by atoms with E-state index in [-0.39, 0.29) is 11.5 Å². The van der Waals surface area contributed by atoms with Crippen LogP contribution in [0.5, 0.6) is 0 Å². The molecule has 6 nitrogen and oxygen atoms in total. The number of hydrogen-bond donors (Lipinski definition) is 1. The Morgan fingerprint density at radius 2 is 1.80 bits per heavy atom. The van der Waals surface area contributed by atoms with Gasteiger partial charge in [0.1, 0.15) is 9.88 Å². The highest BCUT2D eigenvalue weighted by Gasteiger charge is 2.24. The number of nitrogens with one attached hydrogen (secondary N) is 1. The minimum Gasteiger partial charge on any atom is -0.462 e. The highest BCUT2D eigenvalue weighted by Crippen LogP contribution is 2.36. The van der Waals surface area contributed by atoms with E-state index in [0.717, 1.165) is 20.5 Å². The molecule has 2 aromatic heterocycles. The number of fused-ring (bicyclic) bond motifs is 1. The first-order valence-electron chi connectivity index (χ1n) is 9.30. The van der Waals surface area contributed by atoms with Crippen LogP contribution in [0, 0.1) is 6.92 Å². The first kappa shape index (κ1) is 22.3. The van der Waals surface area contributed by atoms with Crippen molar-refractivity contribution in [1.29, 1.82) is 0 Å². The highest BCUT2D eigenvalue weighted by atomic mass is 35.5. The van der Waals surface area contributed by atoms with Crippen molar-refractivity contribution < 1.29 is 23.9 Å². The Kier molecular flexibility index (Phi) is 7.12. The molecule has 0 atom stereocenters. The third kappa shape index (κ3) is 4.50. The first-order chi connectivity index (χ1) is 14.4. The van der Waals surface area contributed by atoms with Gasteiger partial charge in [0.25, 0.3) is 5.91 Å². The van der Waals surface area contributed by atoms with Crippen molar-refractivity contribution in [3.63, 3.8) is 0 Å². The predicted octanol–water partition coefficient (Wildman–Crippen LogP) is 5.46. The molecule has 0 bridgehead atoms. The molecule has 0 fully saturated rings. The van der Waals surface area contributed by atoms with Crippen LogP contribution in [0.25, 0.3) is 10.1 Å². The maximum absolute atomic E-state index is 12.4. The van der Waals surface area contributed by atoms with Gasteiger partial charge >= 0.3 is 11.9 Å². The average molecular weight is 466 g/mol. The number of carbonyl (C=O) groups excluding carboxylic acids is 3. The lowest BCUT2D eigenvalue weighted by molar-refractivity contribution is -0.119. The molecule has 0 saturated heterocycles.